The maximum absolute atomic E-state index is 13.2. The minimum absolute atomic E-state index is 0.0966. The molecule has 1 saturated carbocycles. The summed E-state index contributed by atoms with van der Waals surface area (Å²) in [6.07, 6.45) is 1.29. The standard InChI is InChI=1S/C19H17F3N2O2/c20-13-3-1-12(2-4-13)7-10-23-17(25)19(8-9-19)18(26)24-14-5-6-15(21)16(22)11-14/h1-6,11H,7-10H2,(H,23,25)(H,24,26). The lowest BCUT2D eigenvalue weighted by atomic mass is 10.0. The highest BCUT2D eigenvalue weighted by atomic mass is 19.2. The van der Waals surface area contributed by atoms with Crippen molar-refractivity contribution in [1.29, 1.82) is 0 Å². The molecule has 1 aliphatic rings. The highest BCUT2D eigenvalue weighted by Gasteiger charge is 2.56. The van der Waals surface area contributed by atoms with Gasteiger partial charge in [0, 0.05) is 18.3 Å². The fraction of sp³-hybridized carbons (Fsp3) is 0.263. The second-order valence-electron chi connectivity index (χ2n) is 6.30. The number of hydrogen-bond acceptors (Lipinski definition) is 2. The molecule has 2 amide bonds. The van der Waals surface area contributed by atoms with Crippen molar-refractivity contribution in [1.82, 2.24) is 5.32 Å². The zero-order valence-electron chi connectivity index (χ0n) is 13.8. The van der Waals surface area contributed by atoms with Gasteiger partial charge in [-0.25, -0.2) is 13.2 Å². The molecule has 2 aromatic rings. The van der Waals surface area contributed by atoms with Gasteiger partial charge in [0.15, 0.2) is 11.6 Å². The van der Waals surface area contributed by atoms with Gasteiger partial charge in [0.2, 0.25) is 11.8 Å². The SMILES string of the molecule is O=C(NCCc1ccc(F)cc1)C1(C(=O)Nc2ccc(F)c(F)c2)CC1. The Labute approximate surface area is 148 Å². The van der Waals surface area contributed by atoms with Crippen molar-refractivity contribution in [3.05, 3.63) is 65.5 Å². The van der Waals surface area contributed by atoms with Crippen molar-refractivity contribution in [2.75, 3.05) is 11.9 Å². The smallest absolute Gasteiger partial charge is 0.240 e. The summed E-state index contributed by atoms with van der Waals surface area (Å²) >= 11 is 0. The Morgan fingerprint density at radius 2 is 1.62 bits per heavy atom. The van der Waals surface area contributed by atoms with Crippen LogP contribution in [0.15, 0.2) is 42.5 Å². The molecule has 136 valence electrons. The van der Waals surface area contributed by atoms with Crippen LogP contribution in [-0.4, -0.2) is 18.4 Å². The first-order chi connectivity index (χ1) is 12.4. The van der Waals surface area contributed by atoms with Crippen LogP contribution < -0.4 is 10.6 Å². The van der Waals surface area contributed by atoms with E-state index < -0.39 is 28.9 Å². The van der Waals surface area contributed by atoms with Gasteiger partial charge in [0.1, 0.15) is 11.2 Å². The molecule has 0 spiro atoms. The monoisotopic (exact) mass is 362 g/mol. The van der Waals surface area contributed by atoms with E-state index in [0.29, 0.717) is 25.8 Å². The van der Waals surface area contributed by atoms with Gasteiger partial charge < -0.3 is 10.6 Å². The first-order valence-electron chi connectivity index (χ1n) is 8.20. The largest absolute Gasteiger partial charge is 0.355 e. The number of anilines is 1. The Morgan fingerprint density at radius 1 is 0.923 bits per heavy atom. The molecule has 0 radical (unpaired) electrons. The number of nitrogens with one attached hydrogen (secondary N) is 2. The summed E-state index contributed by atoms with van der Waals surface area (Å²) in [7, 11) is 0. The van der Waals surface area contributed by atoms with Crippen LogP contribution in [0.2, 0.25) is 0 Å². The van der Waals surface area contributed by atoms with E-state index in [9.17, 15) is 22.8 Å². The third-order valence-electron chi connectivity index (χ3n) is 4.41. The third kappa shape index (κ3) is 3.87. The Hall–Kier alpha value is -2.83. The van der Waals surface area contributed by atoms with E-state index in [4.69, 9.17) is 0 Å². The van der Waals surface area contributed by atoms with Gasteiger partial charge in [-0.05, 0) is 49.1 Å². The van der Waals surface area contributed by atoms with Crippen LogP contribution in [0.3, 0.4) is 0 Å². The molecule has 0 atom stereocenters. The summed E-state index contributed by atoms with van der Waals surface area (Å²) in [6.45, 7) is 0.310. The minimum Gasteiger partial charge on any atom is -0.355 e. The Kier molecular flexibility index (Phi) is 4.97. The third-order valence-corrected chi connectivity index (χ3v) is 4.41. The molecular formula is C19H17F3N2O2. The van der Waals surface area contributed by atoms with Crippen molar-refractivity contribution < 1.29 is 22.8 Å². The zero-order chi connectivity index (χ0) is 18.7. The minimum atomic E-state index is -1.17. The van der Waals surface area contributed by atoms with E-state index in [1.165, 1.54) is 18.2 Å². The first-order valence-corrected chi connectivity index (χ1v) is 8.20. The van der Waals surface area contributed by atoms with Gasteiger partial charge in [0.25, 0.3) is 0 Å². The fourth-order valence-electron chi connectivity index (χ4n) is 2.65. The average Bonchev–Trinajstić information content (AvgIpc) is 3.42. The lowest BCUT2D eigenvalue weighted by Crippen LogP contribution is -2.40. The van der Waals surface area contributed by atoms with E-state index in [2.05, 4.69) is 10.6 Å². The Bertz CT molecular complexity index is 833. The summed E-state index contributed by atoms with van der Waals surface area (Å²) in [5, 5.41) is 5.17. The first kappa shape index (κ1) is 18.0. The molecule has 0 aromatic heterocycles. The van der Waals surface area contributed by atoms with Crippen molar-refractivity contribution in [2.45, 2.75) is 19.3 Å². The number of benzene rings is 2. The number of hydrogen-bond donors (Lipinski definition) is 2. The van der Waals surface area contributed by atoms with Crippen molar-refractivity contribution in [3.8, 4) is 0 Å². The van der Waals surface area contributed by atoms with Gasteiger partial charge in [-0.3, -0.25) is 9.59 Å². The van der Waals surface area contributed by atoms with E-state index in [0.717, 1.165) is 17.7 Å². The maximum atomic E-state index is 13.2. The van der Waals surface area contributed by atoms with Crippen LogP contribution in [0.1, 0.15) is 18.4 Å². The van der Waals surface area contributed by atoms with E-state index in [-0.39, 0.29) is 11.5 Å². The molecule has 0 aliphatic heterocycles. The molecule has 0 bridgehead atoms. The van der Waals surface area contributed by atoms with Gasteiger partial charge in [-0.2, -0.15) is 0 Å². The average molecular weight is 362 g/mol. The molecule has 4 nitrogen and oxygen atoms in total. The van der Waals surface area contributed by atoms with Gasteiger partial charge in [-0.15, -0.1) is 0 Å². The summed E-state index contributed by atoms with van der Waals surface area (Å²) in [5.74, 6) is -3.36. The van der Waals surface area contributed by atoms with E-state index in [1.54, 1.807) is 12.1 Å². The van der Waals surface area contributed by atoms with E-state index in [1.807, 2.05) is 0 Å². The number of carbonyl (C=O) groups excluding carboxylic acids is 2. The Morgan fingerprint density at radius 3 is 2.23 bits per heavy atom. The molecule has 2 N–H and O–H groups in total. The quantitative estimate of drug-likeness (QED) is 0.776. The van der Waals surface area contributed by atoms with Crippen LogP contribution in [-0.2, 0) is 16.0 Å². The fourth-order valence-corrected chi connectivity index (χ4v) is 2.65. The summed E-state index contributed by atoms with van der Waals surface area (Å²) in [4.78, 5) is 24.7. The maximum Gasteiger partial charge on any atom is 0.240 e. The number of rotatable bonds is 6. The highest BCUT2D eigenvalue weighted by Crippen LogP contribution is 2.46. The van der Waals surface area contributed by atoms with Gasteiger partial charge >= 0.3 is 0 Å². The molecule has 0 saturated heterocycles. The zero-order valence-corrected chi connectivity index (χ0v) is 13.8. The molecule has 7 heteroatoms. The topological polar surface area (TPSA) is 58.2 Å². The molecule has 0 unspecified atom stereocenters. The normalized spacial score (nSPS) is 14.6. The molecular weight excluding hydrogens is 345 g/mol. The second-order valence-corrected chi connectivity index (χ2v) is 6.30. The molecule has 1 aliphatic carbocycles. The molecule has 3 rings (SSSR count). The number of halogens is 3. The molecule has 1 fully saturated rings. The lowest BCUT2D eigenvalue weighted by Gasteiger charge is -2.15. The predicted octanol–water partition coefficient (Wildman–Crippen LogP) is 3.18. The lowest BCUT2D eigenvalue weighted by molar-refractivity contribution is -0.134. The van der Waals surface area contributed by atoms with Crippen molar-refractivity contribution in [3.63, 3.8) is 0 Å². The molecule has 0 heterocycles. The van der Waals surface area contributed by atoms with Crippen LogP contribution >= 0.6 is 0 Å². The van der Waals surface area contributed by atoms with Crippen LogP contribution in [0, 0.1) is 22.9 Å². The second kappa shape index (κ2) is 7.19. The summed E-state index contributed by atoms with van der Waals surface area (Å²) in [6, 6.07) is 8.96. The Balaban J connectivity index is 1.55. The van der Waals surface area contributed by atoms with E-state index >= 15 is 0 Å². The van der Waals surface area contributed by atoms with Crippen LogP contribution in [0.25, 0.3) is 0 Å². The number of amides is 2. The highest BCUT2D eigenvalue weighted by molar-refractivity contribution is 6.13. The predicted molar refractivity (Wildman–Crippen MR) is 89.8 cm³/mol. The van der Waals surface area contributed by atoms with Gasteiger partial charge in [-0.1, -0.05) is 12.1 Å². The van der Waals surface area contributed by atoms with Crippen LogP contribution in [0.4, 0.5) is 18.9 Å². The van der Waals surface area contributed by atoms with Gasteiger partial charge in [0.05, 0.1) is 0 Å². The van der Waals surface area contributed by atoms with Crippen LogP contribution in [0.5, 0.6) is 0 Å². The molecule has 2 aromatic carbocycles. The van der Waals surface area contributed by atoms with Crippen molar-refractivity contribution in [2.24, 2.45) is 5.41 Å². The summed E-state index contributed by atoms with van der Waals surface area (Å²) < 4.78 is 39.0. The number of carbonyl (C=O) groups is 2. The van der Waals surface area contributed by atoms with Crippen molar-refractivity contribution >= 4 is 17.5 Å². The molecule has 26 heavy (non-hydrogen) atoms. The summed E-state index contributed by atoms with van der Waals surface area (Å²) in [5.41, 5.74) is -0.213.